The van der Waals surface area contributed by atoms with E-state index in [1.807, 2.05) is 0 Å². The molecule has 0 spiro atoms. The number of hydrogen-bond donors (Lipinski definition) is 3. The van der Waals surface area contributed by atoms with Crippen molar-refractivity contribution in [3.05, 3.63) is 18.2 Å². The van der Waals surface area contributed by atoms with Gasteiger partial charge in [0.25, 0.3) is 0 Å². The van der Waals surface area contributed by atoms with Crippen LogP contribution in [-0.4, -0.2) is 78.7 Å². The summed E-state index contributed by atoms with van der Waals surface area (Å²) in [5, 5.41) is 3.09. The third-order valence-electron chi connectivity index (χ3n) is 5.28. The molecule has 1 aromatic carbocycles. The lowest BCUT2D eigenvalue weighted by molar-refractivity contribution is -0.113. The van der Waals surface area contributed by atoms with E-state index in [2.05, 4.69) is 25.2 Å². The van der Waals surface area contributed by atoms with Crippen LogP contribution in [0, 0.1) is 0 Å². The number of rotatable bonds is 7. The number of amides is 1. The number of thioether (sulfide) groups is 1. The second-order valence-corrected chi connectivity index (χ2v) is 10.4. The zero-order valence-corrected chi connectivity index (χ0v) is 19.6. The Morgan fingerprint density at radius 3 is 2.39 bits per heavy atom. The first-order chi connectivity index (χ1) is 15.8. The quantitative estimate of drug-likeness (QED) is 0.455. The van der Waals surface area contributed by atoms with Crippen molar-refractivity contribution in [3.63, 3.8) is 0 Å². The summed E-state index contributed by atoms with van der Waals surface area (Å²) in [5.74, 6) is -0.396. The second kappa shape index (κ2) is 10.1. The molecular formula is C19H26N8O4S2. The summed E-state index contributed by atoms with van der Waals surface area (Å²) in [4.78, 5) is 26.6. The van der Waals surface area contributed by atoms with Crippen LogP contribution in [0.4, 0.5) is 23.3 Å². The van der Waals surface area contributed by atoms with Gasteiger partial charge in [0.15, 0.2) is 5.16 Å². The van der Waals surface area contributed by atoms with Crippen LogP contribution < -0.4 is 21.7 Å². The molecule has 178 valence electrons. The molecule has 12 nitrogen and oxygen atoms in total. The molecule has 2 fully saturated rings. The zero-order valence-electron chi connectivity index (χ0n) is 17.9. The number of carbonyl (C=O) groups is 1. The maximum Gasteiger partial charge on any atom is 0.243 e. The fourth-order valence-electron chi connectivity index (χ4n) is 3.71. The molecule has 0 atom stereocenters. The molecule has 5 N–H and O–H groups in total. The van der Waals surface area contributed by atoms with Crippen molar-refractivity contribution in [1.82, 2.24) is 19.3 Å². The number of benzene rings is 1. The van der Waals surface area contributed by atoms with Gasteiger partial charge in [0.1, 0.15) is 0 Å². The number of nitrogens with zero attached hydrogens (tertiary/aromatic N) is 5. The van der Waals surface area contributed by atoms with Crippen LogP contribution in [0.15, 0.2) is 28.3 Å². The van der Waals surface area contributed by atoms with E-state index < -0.39 is 10.0 Å². The number of morpholine rings is 1. The normalized spacial score (nSPS) is 17.3. The van der Waals surface area contributed by atoms with Gasteiger partial charge in [-0.25, -0.2) is 8.42 Å². The highest BCUT2D eigenvalue weighted by molar-refractivity contribution is 7.99. The molecule has 0 aliphatic carbocycles. The van der Waals surface area contributed by atoms with Crippen LogP contribution in [0.2, 0.25) is 0 Å². The Morgan fingerprint density at radius 1 is 1.06 bits per heavy atom. The molecule has 0 radical (unpaired) electrons. The first kappa shape index (κ1) is 23.5. The summed E-state index contributed by atoms with van der Waals surface area (Å²) in [6.07, 6.45) is 2.08. The van der Waals surface area contributed by atoms with E-state index in [4.69, 9.17) is 16.2 Å². The molecule has 0 bridgehead atoms. The average Bonchev–Trinajstić information content (AvgIpc) is 3.32. The van der Waals surface area contributed by atoms with Crippen LogP contribution in [0.1, 0.15) is 12.8 Å². The highest BCUT2D eigenvalue weighted by Crippen LogP contribution is 2.32. The van der Waals surface area contributed by atoms with Gasteiger partial charge in [0, 0.05) is 26.2 Å². The SMILES string of the molecule is Nc1nc(N)nc(SCC(=O)Nc2cc(S(=O)(=O)N3CCOCC3)ccc2N2CCCC2)n1. The van der Waals surface area contributed by atoms with Gasteiger partial charge in [-0.3, -0.25) is 4.79 Å². The lowest BCUT2D eigenvalue weighted by atomic mass is 10.2. The van der Waals surface area contributed by atoms with Crippen molar-refractivity contribution in [2.45, 2.75) is 22.9 Å². The summed E-state index contributed by atoms with van der Waals surface area (Å²) in [7, 11) is -3.70. The number of hydrogen-bond acceptors (Lipinski definition) is 11. The average molecular weight is 495 g/mol. The van der Waals surface area contributed by atoms with Crippen molar-refractivity contribution in [3.8, 4) is 0 Å². The number of anilines is 4. The predicted octanol–water partition coefficient (Wildman–Crippen LogP) is 0.388. The van der Waals surface area contributed by atoms with Crippen LogP contribution in [0.5, 0.6) is 0 Å². The summed E-state index contributed by atoms with van der Waals surface area (Å²) in [5.41, 5.74) is 12.4. The maximum atomic E-state index is 13.1. The number of nitrogens with one attached hydrogen (secondary N) is 1. The van der Waals surface area contributed by atoms with Crippen molar-refractivity contribution < 1.29 is 17.9 Å². The molecule has 2 aliphatic rings. The van der Waals surface area contributed by atoms with E-state index in [0.29, 0.717) is 32.0 Å². The van der Waals surface area contributed by atoms with E-state index in [-0.39, 0.29) is 33.6 Å². The molecule has 0 unspecified atom stereocenters. The smallest absolute Gasteiger partial charge is 0.243 e. The van der Waals surface area contributed by atoms with Crippen LogP contribution in [-0.2, 0) is 19.6 Å². The molecule has 4 rings (SSSR count). The van der Waals surface area contributed by atoms with E-state index in [9.17, 15) is 13.2 Å². The second-order valence-electron chi connectivity index (χ2n) is 7.56. The zero-order chi connectivity index (χ0) is 23.4. The first-order valence-electron chi connectivity index (χ1n) is 10.5. The summed E-state index contributed by atoms with van der Waals surface area (Å²) < 4.78 is 32.9. The molecule has 2 aliphatic heterocycles. The third kappa shape index (κ3) is 5.63. The number of nitrogens with two attached hydrogens (primary N) is 2. The topological polar surface area (TPSA) is 170 Å². The number of ether oxygens (including phenoxy) is 1. The molecule has 33 heavy (non-hydrogen) atoms. The van der Waals surface area contributed by atoms with Gasteiger partial charge in [0.05, 0.1) is 35.2 Å². The third-order valence-corrected chi connectivity index (χ3v) is 8.02. The standard InChI is InChI=1S/C19H26N8O4S2/c20-17-23-18(21)25-19(24-17)32-12-16(28)22-14-11-13(3-4-15(14)26-5-1-2-6-26)33(29,30)27-7-9-31-10-8-27/h3-4,11H,1-2,5-10,12H2,(H,22,28)(H4,20,21,23,24,25). The molecule has 2 aromatic rings. The van der Waals surface area contributed by atoms with Gasteiger partial charge in [-0.05, 0) is 31.0 Å². The van der Waals surface area contributed by atoms with Crippen molar-refractivity contribution in [2.24, 2.45) is 0 Å². The Kier molecular flexibility index (Phi) is 7.17. The number of carbonyl (C=O) groups excluding carboxylic acids is 1. The fourth-order valence-corrected chi connectivity index (χ4v) is 5.80. The first-order valence-corrected chi connectivity index (χ1v) is 12.9. The lowest BCUT2D eigenvalue weighted by Gasteiger charge is -2.27. The molecule has 1 aromatic heterocycles. The van der Waals surface area contributed by atoms with Crippen molar-refractivity contribution >= 4 is 51.0 Å². The number of aromatic nitrogens is 3. The predicted molar refractivity (Wildman–Crippen MR) is 125 cm³/mol. The van der Waals surface area contributed by atoms with E-state index >= 15 is 0 Å². The minimum absolute atomic E-state index is 0.0111. The van der Waals surface area contributed by atoms with Crippen LogP contribution in [0.3, 0.4) is 0 Å². The van der Waals surface area contributed by atoms with Gasteiger partial charge in [-0.1, -0.05) is 11.8 Å². The largest absolute Gasteiger partial charge is 0.379 e. The Balaban J connectivity index is 1.55. The molecule has 14 heteroatoms. The highest BCUT2D eigenvalue weighted by Gasteiger charge is 2.28. The maximum absolute atomic E-state index is 13.1. The lowest BCUT2D eigenvalue weighted by Crippen LogP contribution is -2.40. The summed E-state index contributed by atoms with van der Waals surface area (Å²) in [6.45, 7) is 3.00. The minimum atomic E-state index is -3.70. The number of nitrogen functional groups attached to an aromatic ring is 2. The van der Waals surface area contributed by atoms with E-state index in [1.54, 1.807) is 12.1 Å². The van der Waals surface area contributed by atoms with Gasteiger partial charge >= 0.3 is 0 Å². The fraction of sp³-hybridized carbons (Fsp3) is 0.474. The Hall–Kier alpha value is -2.68. The molecular weight excluding hydrogens is 468 g/mol. The summed E-state index contributed by atoms with van der Waals surface area (Å²) >= 11 is 1.06. The minimum Gasteiger partial charge on any atom is -0.379 e. The van der Waals surface area contributed by atoms with Crippen molar-refractivity contribution in [1.29, 1.82) is 0 Å². The van der Waals surface area contributed by atoms with Gasteiger partial charge < -0.3 is 26.4 Å². The Bertz CT molecular complexity index is 1100. The summed E-state index contributed by atoms with van der Waals surface area (Å²) in [6, 6.07) is 4.88. The molecule has 1 amide bonds. The van der Waals surface area contributed by atoms with E-state index in [0.717, 1.165) is 43.4 Å². The van der Waals surface area contributed by atoms with Gasteiger partial charge in [0.2, 0.25) is 27.8 Å². The van der Waals surface area contributed by atoms with Gasteiger partial charge in [-0.15, -0.1) is 0 Å². The van der Waals surface area contributed by atoms with Crippen LogP contribution >= 0.6 is 11.8 Å². The Labute approximate surface area is 196 Å². The van der Waals surface area contributed by atoms with Crippen LogP contribution in [0.25, 0.3) is 0 Å². The molecule has 2 saturated heterocycles. The van der Waals surface area contributed by atoms with Gasteiger partial charge in [-0.2, -0.15) is 19.3 Å². The number of sulfonamides is 1. The Morgan fingerprint density at radius 2 is 1.73 bits per heavy atom. The van der Waals surface area contributed by atoms with Crippen molar-refractivity contribution in [2.75, 3.05) is 66.8 Å². The molecule has 0 saturated carbocycles. The highest BCUT2D eigenvalue weighted by atomic mass is 32.2. The molecule has 3 heterocycles. The van der Waals surface area contributed by atoms with E-state index in [1.165, 1.54) is 10.4 Å². The monoisotopic (exact) mass is 494 g/mol.